The number of amides is 3. The van der Waals surface area contributed by atoms with E-state index >= 15 is 0 Å². The largest absolute Gasteiger partial charge is 0.355 e. The van der Waals surface area contributed by atoms with Crippen LogP contribution in [0.3, 0.4) is 0 Å². The Morgan fingerprint density at radius 1 is 1.30 bits per heavy atom. The Kier molecular flexibility index (Phi) is 5.60. The summed E-state index contributed by atoms with van der Waals surface area (Å²) in [6.45, 7) is 2.29. The summed E-state index contributed by atoms with van der Waals surface area (Å²) in [5, 5.41) is 8.33. The van der Waals surface area contributed by atoms with Crippen LogP contribution >= 0.6 is 11.6 Å². The number of nitrogens with one attached hydrogen (secondary N) is 3. The molecule has 2 rings (SSSR count). The van der Waals surface area contributed by atoms with E-state index in [9.17, 15) is 14.4 Å². The van der Waals surface area contributed by atoms with E-state index in [2.05, 4.69) is 16.0 Å². The molecule has 0 radical (unpaired) electrons. The maximum Gasteiger partial charge on any atom is 0.253 e. The third-order valence-electron chi connectivity index (χ3n) is 3.82. The van der Waals surface area contributed by atoms with Crippen LogP contribution < -0.4 is 16.0 Å². The molecule has 2 unspecified atom stereocenters. The van der Waals surface area contributed by atoms with Gasteiger partial charge in [0.25, 0.3) is 5.91 Å². The molecule has 3 N–H and O–H groups in total. The fourth-order valence-electron chi connectivity index (χ4n) is 2.28. The van der Waals surface area contributed by atoms with Gasteiger partial charge >= 0.3 is 0 Å². The van der Waals surface area contributed by atoms with Gasteiger partial charge in [0.2, 0.25) is 11.8 Å². The van der Waals surface area contributed by atoms with Gasteiger partial charge in [0, 0.05) is 31.0 Å². The summed E-state index contributed by atoms with van der Waals surface area (Å²) < 4.78 is 0. The standard InChI is InChI=1S/C16H20ClN3O3/c1-9-7-12(9)16(23)19-6-5-14(21)20-13-8-10(17)3-4-11(13)15(22)18-2/h3-4,8-9,12H,5-7H2,1-2H3,(H,18,22)(H,19,23)(H,20,21). The minimum absolute atomic E-state index is 0.000828. The molecule has 0 saturated heterocycles. The first-order valence-corrected chi connectivity index (χ1v) is 7.89. The first-order chi connectivity index (χ1) is 10.9. The molecule has 0 heterocycles. The topological polar surface area (TPSA) is 87.3 Å². The normalized spacial score (nSPS) is 18.9. The van der Waals surface area contributed by atoms with Gasteiger partial charge in [-0.1, -0.05) is 18.5 Å². The molecule has 0 aliphatic heterocycles. The van der Waals surface area contributed by atoms with Crippen molar-refractivity contribution < 1.29 is 14.4 Å². The highest BCUT2D eigenvalue weighted by molar-refractivity contribution is 6.31. The monoisotopic (exact) mass is 337 g/mol. The maximum atomic E-state index is 12.0. The lowest BCUT2D eigenvalue weighted by atomic mass is 10.1. The molecule has 1 aromatic carbocycles. The van der Waals surface area contributed by atoms with Crippen molar-refractivity contribution >= 4 is 35.0 Å². The average molecular weight is 338 g/mol. The first kappa shape index (κ1) is 17.3. The molecular formula is C16H20ClN3O3. The number of carbonyl (C=O) groups excluding carboxylic acids is 3. The van der Waals surface area contributed by atoms with Crippen LogP contribution in [0.4, 0.5) is 5.69 Å². The Balaban J connectivity index is 1.88. The summed E-state index contributed by atoms with van der Waals surface area (Å²) in [4.78, 5) is 35.4. The van der Waals surface area contributed by atoms with Gasteiger partial charge in [-0.05, 0) is 30.5 Å². The Labute approximate surface area is 140 Å². The van der Waals surface area contributed by atoms with E-state index in [0.29, 0.717) is 22.2 Å². The second kappa shape index (κ2) is 7.46. The minimum atomic E-state index is -0.312. The van der Waals surface area contributed by atoms with Crippen molar-refractivity contribution in [1.82, 2.24) is 10.6 Å². The Morgan fingerprint density at radius 2 is 2.00 bits per heavy atom. The van der Waals surface area contributed by atoms with Crippen molar-refractivity contribution in [2.75, 3.05) is 18.9 Å². The van der Waals surface area contributed by atoms with E-state index in [1.54, 1.807) is 12.1 Å². The van der Waals surface area contributed by atoms with Crippen LogP contribution in [0.2, 0.25) is 5.02 Å². The molecule has 23 heavy (non-hydrogen) atoms. The molecule has 0 spiro atoms. The van der Waals surface area contributed by atoms with Gasteiger partial charge in [0.1, 0.15) is 0 Å². The highest BCUT2D eigenvalue weighted by Gasteiger charge is 2.38. The van der Waals surface area contributed by atoms with Crippen LogP contribution in [0.25, 0.3) is 0 Å². The summed E-state index contributed by atoms with van der Waals surface area (Å²) in [6.07, 6.45) is 1.04. The zero-order valence-electron chi connectivity index (χ0n) is 13.1. The SMILES string of the molecule is CNC(=O)c1ccc(Cl)cc1NC(=O)CCNC(=O)C1CC1C. The first-order valence-electron chi connectivity index (χ1n) is 7.51. The van der Waals surface area contributed by atoms with Gasteiger partial charge < -0.3 is 16.0 Å². The number of carbonyl (C=O) groups is 3. The smallest absolute Gasteiger partial charge is 0.253 e. The van der Waals surface area contributed by atoms with Gasteiger partial charge in [-0.3, -0.25) is 14.4 Å². The molecule has 124 valence electrons. The molecule has 1 fully saturated rings. The lowest BCUT2D eigenvalue weighted by molar-refractivity contribution is -0.122. The van der Waals surface area contributed by atoms with Crippen molar-refractivity contribution in [2.24, 2.45) is 11.8 Å². The molecule has 1 saturated carbocycles. The number of benzene rings is 1. The molecular weight excluding hydrogens is 318 g/mol. The Bertz CT molecular complexity index is 633. The fourth-order valence-corrected chi connectivity index (χ4v) is 2.46. The number of hydrogen-bond donors (Lipinski definition) is 3. The zero-order valence-corrected chi connectivity index (χ0v) is 13.9. The molecule has 1 aliphatic rings. The van der Waals surface area contributed by atoms with Crippen LogP contribution in [0.5, 0.6) is 0 Å². The molecule has 0 bridgehead atoms. The van der Waals surface area contributed by atoms with Crippen molar-refractivity contribution in [3.8, 4) is 0 Å². The molecule has 2 atom stereocenters. The fraction of sp³-hybridized carbons (Fsp3) is 0.438. The van der Waals surface area contributed by atoms with E-state index in [4.69, 9.17) is 11.6 Å². The Hall–Kier alpha value is -2.08. The zero-order chi connectivity index (χ0) is 17.0. The molecule has 0 aromatic heterocycles. The third-order valence-corrected chi connectivity index (χ3v) is 4.06. The molecule has 1 aliphatic carbocycles. The predicted molar refractivity (Wildman–Crippen MR) is 88.4 cm³/mol. The van der Waals surface area contributed by atoms with Crippen LogP contribution in [-0.2, 0) is 9.59 Å². The van der Waals surface area contributed by atoms with Crippen LogP contribution in [0, 0.1) is 11.8 Å². The summed E-state index contributed by atoms with van der Waals surface area (Å²) in [5.74, 6) is -0.0788. The number of halogens is 1. The quantitative estimate of drug-likeness (QED) is 0.739. The summed E-state index contributed by atoms with van der Waals surface area (Å²) in [5.41, 5.74) is 0.685. The lowest BCUT2D eigenvalue weighted by Crippen LogP contribution is -2.29. The molecule has 3 amide bonds. The molecule has 6 nitrogen and oxygen atoms in total. The number of anilines is 1. The minimum Gasteiger partial charge on any atom is -0.355 e. The number of hydrogen-bond acceptors (Lipinski definition) is 3. The predicted octanol–water partition coefficient (Wildman–Crippen LogP) is 1.80. The average Bonchev–Trinajstić information content (AvgIpc) is 3.23. The van der Waals surface area contributed by atoms with Gasteiger partial charge in [0.05, 0.1) is 11.3 Å². The summed E-state index contributed by atoms with van der Waals surface area (Å²) >= 11 is 5.91. The highest BCUT2D eigenvalue weighted by Crippen LogP contribution is 2.37. The van der Waals surface area contributed by atoms with Crippen molar-refractivity contribution in [2.45, 2.75) is 19.8 Å². The molecule has 1 aromatic rings. The van der Waals surface area contributed by atoms with E-state index in [0.717, 1.165) is 6.42 Å². The van der Waals surface area contributed by atoms with Crippen LogP contribution in [0.15, 0.2) is 18.2 Å². The maximum absolute atomic E-state index is 12.0. The second-order valence-electron chi connectivity index (χ2n) is 5.68. The highest BCUT2D eigenvalue weighted by atomic mass is 35.5. The van der Waals surface area contributed by atoms with Crippen LogP contribution in [-0.4, -0.2) is 31.3 Å². The second-order valence-corrected chi connectivity index (χ2v) is 6.11. The van der Waals surface area contributed by atoms with Gasteiger partial charge in [-0.2, -0.15) is 0 Å². The van der Waals surface area contributed by atoms with Gasteiger partial charge in [-0.25, -0.2) is 0 Å². The van der Waals surface area contributed by atoms with E-state index in [1.165, 1.54) is 13.1 Å². The molecule has 7 heteroatoms. The van der Waals surface area contributed by atoms with E-state index in [-0.39, 0.29) is 36.6 Å². The van der Waals surface area contributed by atoms with Crippen molar-refractivity contribution in [3.05, 3.63) is 28.8 Å². The lowest BCUT2D eigenvalue weighted by Gasteiger charge is -2.11. The summed E-state index contributed by atoms with van der Waals surface area (Å²) in [7, 11) is 1.51. The third kappa shape index (κ3) is 4.69. The van der Waals surface area contributed by atoms with Crippen LogP contribution in [0.1, 0.15) is 30.1 Å². The Morgan fingerprint density at radius 3 is 2.61 bits per heavy atom. The van der Waals surface area contributed by atoms with E-state index < -0.39 is 0 Å². The van der Waals surface area contributed by atoms with E-state index in [1.807, 2.05) is 6.92 Å². The van der Waals surface area contributed by atoms with Gasteiger partial charge in [-0.15, -0.1) is 0 Å². The van der Waals surface area contributed by atoms with Crippen molar-refractivity contribution in [3.63, 3.8) is 0 Å². The summed E-state index contributed by atoms with van der Waals surface area (Å²) in [6, 6.07) is 4.65. The number of rotatable bonds is 6. The van der Waals surface area contributed by atoms with Crippen molar-refractivity contribution in [1.29, 1.82) is 0 Å². The van der Waals surface area contributed by atoms with Gasteiger partial charge in [0.15, 0.2) is 0 Å².